The Balaban J connectivity index is 0.000000149. The monoisotopic (exact) mass is 1820 g/mol. The summed E-state index contributed by atoms with van der Waals surface area (Å²) in [5.74, 6) is 1.10. The van der Waals surface area contributed by atoms with Crippen LogP contribution in [-0.4, -0.2) is 96.1 Å². The number of carbonyl (C=O) groups is 4. The Hall–Kier alpha value is -14.8. The summed E-state index contributed by atoms with van der Waals surface area (Å²) in [4.78, 5) is 91.9. The van der Waals surface area contributed by atoms with E-state index < -0.39 is 11.8 Å². The standard InChI is InChI=1S/C30H36N6OS.C26H26N4OS.C23H20FN5OS.C23H21N5OS/c1-20-10-12-23(13-11-20)33-29(37)34-24-9-7-8-22(18-24)27-26(35-28(38-27)30(2,3)4)21-14-15-31-25(19-21)32-16-17-36(5)6;1-17-8-10-20(11-9-17)28-25(31)29-21-7-5-6-19(16-21)23-22(18-12-14-27-15-13-18)30-24(32-23)26(2,3)4;1-13-6-8-16(9-7-13)28-23(30)29-18-5-3-4-17(20(18)24)22-21(27-14(2)31-22)15-10-11-26-19(25)12-15;1-14-6-8-18(9-7-14)27-23(29)28-19-5-3-4-17(12-19)22-21(26-15(2)30-22)16-10-11-25-20(24)13-16/h7-15,18-19H,16-17H2,1-6H3,(H,31,32)(H2,33,34,37);5-16H,1-4H3,(H2,28,29,31);3-12H,1-2H3,(H2,25,26)(H2,28,29,30);3-13H,1-2H3,(H2,24,25)(H2,27,28,29). The lowest BCUT2D eigenvalue weighted by Crippen LogP contribution is -2.21. The van der Waals surface area contributed by atoms with Gasteiger partial charge in [-0.2, -0.15) is 0 Å². The van der Waals surface area contributed by atoms with Crippen molar-refractivity contribution in [2.75, 3.05) is 86.5 Å². The molecule has 29 heteroatoms. The number of nitrogen functional groups attached to an aromatic ring is 2. The fourth-order valence-corrected chi connectivity index (χ4v) is 17.4. The lowest BCUT2D eigenvalue weighted by atomic mass is 9.98. The molecule has 13 N–H and O–H groups in total. The average molecular weight is 1820 g/mol. The largest absolute Gasteiger partial charge is 0.384 e. The molecular formula is C102H103FN20O4S4. The Bertz CT molecular complexity index is 6670. The number of nitrogens with two attached hydrogens (primary N) is 2. The lowest BCUT2D eigenvalue weighted by molar-refractivity contribution is 0.261. The first-order valence-corrected chi connectivity index (χ1v) is 45.4. The number of amides is 8. The van der Waals surface area contributed by atoms with Crippen molar-refractivity contribution in [3.63, 3.8) is 0 Å². The Morgan fingerprint density at radius 1 is 0.351 bits per heavy atom. The minimum Gasteiger partial charge on any atom is -0.384 e. The minimum absolute atomic E-state index is 0.0610. The molecule has 24 nitrogen and oxygen atoms in total. The summed E-state index contributed by atoms with van der Waals surface area (Å²) in [6.07, 6.45) is 8.65. The van der Waals surface area contributed by atoms with Crippen LogP contribution in [0, 0.1) is 47.4 Å². The van der Waals surface area contributed by atoms with Crippen LogP contribution in [0.2, 0.25) is 0 Å². The molecule has 16 aromatic rings. The Morgan fingerprint density at radius 2 is 0.687 bits per heavy atom. The second-order valence-electron chi connectivity index (χ2n) is 33.2. The number of urea groups is 4. The molecular weight excluding hydrogens is 1720 g/mol. The summed E-state index contributed by atoms with van der Waals surface area (Å²) in [5, 5.41) is 30.0. The molecule has 16 rings (SSSR count). The van der Waals surface area contributed by atoms with Crippen molar-refractivity contribution in [2.24, 2.45) is 0 Å². The van der Waals surface area contributed by atoms with E-state index in [0.717, 1.165) is 155 Å². The summed E-state index contributed by atoms with van der Waals surface area (Å²) in [7, 11) is 4.10. The number of aromatic nitrogens is 8. The quantitative estimate of drug-likeness (QED) is 0.0338. The third-order valence-electron chi connectivity index (χ3n) is 19.8. The number of aryl methyl sites for hydroxylation is 6. The summed E-state index contributed by atoms with van der Waals surface area (Å²) >= 11 is 6.34. The second kappa shape index (κ2) is 42.9. The van der Waals surface area contributed by atoms with E-state index in [1.165, 1.54) is 17.4 Å². The number of anilines is 11. The van der Waals surface area contributed by atoms with Gasteiger partial charge in [-0.05, 0) is 212 Å². The molecule has 0 spiro atoms. The molecule has 666 valence electrons. The van der Waals surface area contributed by atoms with Crippen LogP contribution in [0.3, 0.4) is 0 Å². The van der Waals surface area contributed by atoms with Crippen molar-refractivity contribution in [3.8, 4) is 86.8 Å². The third kappa shape index (κ3) is 26.3. The van der Waals surface area contributed by atoms with Gasteiger partial charge in [-0.3, -0.25) is 4.98 Å². The van der Waals surface area contributed by atoms with Crippen LogP contribution in [-0.2, 0) is 10.8 Å². The first-order valence-electron chi connectivity index (χ1n) is 42.1. The van der Waals surface area contributed by atoms with Gasteiger partial charge in [0.25, 0.3) is 0 Å². The van der Waals surface area contributed by atoms with Crippen LogP contribution in [0.15, 0.2) is 268 Å². The normalized spacial score (nSPS) is 11.0. The second-order valence-corrected chi connectivity index (χ2v) is 37.6. The van der Waals surface area contributed by atoms with Crippen molar-refractivity contribution < 1.29 is 23.6 Å². The molecule has 8 amide bonds. The number of hydrogen-bond donors (Lipinski definition) is 11. The van der Waals surface area contributed by atoms with Gasteiger partial charge in [0, 0.05) is 123 Å². The van der Waals surface area contributed by atoms with Crippen molar-refractivity contribution in [3.05, 3.63) is 316 Å². The molecule has 0 aliphatic carbocycles. The number of pyridine rings is 4. The van der Waals surface area contributed by atoms with Crippen LogP contribution < -0.4 is 59.3 Å². The van der Waals surface area contributed by atoms with Gasteiger partial charge < -0.3 is 64.2 Å². The smallest absolute Gasteiger partial charge is 0.323 e. The summed E-state index contributed by atoms with van der Waals surface area (Å²) in [5.41, 5.74) is 31.4. The van der Waals surface area contributed by atoms with Crippen LogP contribution in [0.5, 0.6) is 0 Å². The van der Waals surface area contributed by atoms with Crippen molar-refractivity contribution >= 4 is 132 Å². The van der Waals surface area contributed by atoms with Gasteiger partial charge in [0.2, 0.25) is 0 Å². The van der Waals surface area contributed by atoms with E-state index >= 15 is 4.39 Å². The van der Waals surface area contributed by atoms with Gasteiger partial charge in [0.1, 0.15) is 17.5 Å². The first kappa shape index (κ1) is 93.9. The highest BCUT2D eigenvalue weighted by atomic mass is 32.1. The van der Waals surface area contributed by atoms with E-state index in [1.54, 1.807) is 95.2 Å². The molecule has 8 heterocycles. The highest BCUT2D eigenvalue weighted by Gasteiger charge is 2.27. The van der Waals surface area contributed by atoms with Gasteiger partial charge in [0.05, 0.1) is 68.0 Å². The van der Waals surface area contributed by atoms with Crippen molar-refractivity contribution in [1.29, 1.82) is 0 Å². The molecule has 0 fully saturated rings. The van der Waals surface area contributed by atoms with E-state index in [-0.39, 0.29) is 34.6 Å². The molecule has 0 unspecified atom stereocenters. The van der Waals surface area contributed by atoms with Gasteiger partial charge in [0.15, 0.2) is 5.82 Å². The number of benzene rings is 8. The van der Waals surface area contributed by atoms with E-state index in [1.807, 2.05) is 230 Å². The molecule has 0 aliphatic rings. The Labute approximate surface area is 778 Å². The summed E-state index contributed by atoms with van der Waals surface area (Å²) in [6, 6.07) is 72.6. The molecule has 8 aromatic carbocycles. The summed E-state index contributed by atoms with van der Waals surface area (Å²) < 4.78 is 15.4. The highest BCUT2D eigenvalue weighted by molar-refractivity contribution is 7.16. The van der Waals surface area contributed by atoms with Gasteiger partial charge in [-0.15, -0.1) is 45.3 Å². The number of likely N-dealkylation sites (N-methyl/N-ethyl adjacent to an activating group) is 1. The minimum atomic E-state index is -0.534. The van der Waals surface area contributed by atoms with E-state index in [4.69, 9.17) is 21.4 Å². The molecule has 0 saturated carbocycles. The zero-order valence-corrected chi connectivity index (χ0v) is 78.4. The van der Waals surface area contributed by atoms with Crippen LogP contribution in [0.25, 0.3) is 86.8 Å². The first-order chi connectivity index (χ1) is 62.7. The van der Waals surface area contributed by atoms with E-state index in [9.17, 15) is 19.2 Å². The fraction of sp³-hybridized carbons (Fsp3) is 0.176. The number of hydrogen-bond acceptors (Lipinski definition) is 20. The maximum absolute atomic E-state index is 15.4. The molecule has 0 saturated heterocycles. The zero-order valence-electron chi connectivity index (χ0n) is 75.1. The van der Waals surface area contributed by atoms with Crippen molar-refractivity contribution in [2.45, 2.75) is 93.9 Å². The number of nitrogens with one attached hydrogen (secondary N) is 9. The maximum atomic E-state index is 15.4. The van der Waals surface area contributed by atoms with Crippen LogP contribution >= 0.6 is 45.3 Å². The number of nitrogens with zero attached hydrogens (tertiary/aromatic N) is 9. The zero-order chi connectivity index (χ0) is 93.0. The van der Waals surface area contributed by atoms with Gasteiger partial charge >= 0.3 is 24.1 Å². The molecule has 0 aliphatic heterocycles. The number of carbonyl (C=O) groups excluding carboxylic acids is 4. The molecule has 0 bridgehead atoms. The number of halogens is 1. The molecule has 8 aromatic heterocycles. The highest BCUT2D eigenvalue weighted by Crippen LogP contribution is 2.46. The third-order valence-corrected chi connectivity index (χ3v) is 24.9. The average Bonchev–Trinajstić information content (AvgIpc) is 1.63. The number of thiazole rings is 4. The van der Waals surface area contributed by atoms with Crippen molar-refractivity contribution in [1.82, 2.24) is 44.8 Å². The molecule has 0 atom stereocenters. The predicted octanol–water partition coefficient (Wildman–Crippen LogP) is 25.8. The lowest BCUT2D eigenvalue weighted by Gasteiger charge is -2.13. The Morgan fingerprint density at radius 3 is 1.08 bits per heavy atom. The predicted molar refractivity (Wildman–Crippen MR) is 541 cm³/mol. The fourth-order valence-electron chi connectivity index (χ4n) is 13.2. The molecule has 0 radical (unpaired) electrons. The van der Waals surface area contributed by atoms with Crippen LogP contribution in [0.4, 0.5) is 86.5 Å². The van der Waals surface area contributed by atoms with E-state index in [0.29, 0.717) is 44.8 Å². The molecule has 131 heavy (non-hydrogen) atoms. The summed E-state index contributed by atoms with van der Waals surface area (Å²) in [6.45, 7) is 26.6. The Kier molecular flexibility index (Phi) is 30.7. The number of rotatable bonds is 20. The van der Waals surface area contributed by atoms with Gasteiger partial charge in [-0.25, -0.2) is 58.5 Å². The van der Waals surface area contributed by atoms with E-state index in [2.05, 4.69) is 150 Å². The topological polar surface area (TPSA) is 335 Å². The maximum Gasteiger partial charge on any atom is 0.323 e. The van der Waals surface area contributed by atoms with Gasteiger partial charge in [-0.1, -0.05) is 161 Å². The SMILES string of the molecule is Cc1ccc(NC(=O)Nc2cccc(-c3sc(C(C)(C)C)nc3-c3ccnc(NCCN(C)C)c3)c2)cc1.Cc1ccc(NC(=O)Nc2cccc(-c3sc(C(C)(C)C)nc3-c3ccncc3)c2)cc1.Cc1ccc(NC(=O)Nc2cccc(-c3sc(C)nc3-c3ccnc(N)c3)c2)cc1.Cc1ccc(NC(=O)Nc2cccc(-c3sc(C)nc3-c3ccnc(N)c3)c2F)cc1. The van der Waals surface area contributed by atoms with Crippen LogP contribution in [0.1, 0.15) is 83.8 Å².